The van der Waals surface area contributed by atoms with E-state index in [0.717, 1.165) is 12.0 Å². The van der Waals surface area contributed by atoms with E-state index in [1.807, 2.05) is 42.5 Å². The maximum atomic E-state index is 7.31. The second-order valence-corrected chi connectivity index (χ2v) is 3.93. The molecule has 1 radical (unpaired) electrons. The zero-order valence-corrected chi connectivity index (χ0v) is 9.56. The normalized spacial score (nSPS) is 10.1. The summed E-state index contributed by atoms with van der Waals surface area (Å²) in [6.45, 7) is 0. The Bertz CT molecular complexity index is 486. The highest BCUT2D eigenvalue weighted by Crippen LogP contribution is 2.10. The Kier molecular flexibility index (Phi) is 3.55. The fourth-order valence-electron chi connectivity index (χ4n) is 1.65. The highest BCUT2D eigenvalue weighted by atomic mass is 14.7. The highest BCUT2D eigenvalue weighted by molar-refractivity contribution is 5.94. The molecule has 0 aliphatic heterocycles. The summed E-state index contributed by atoms with van der Waals surface area (Å²) >= 11 is 0. The van der Waals surface area contributed by atoms with Gasteiger partial charge in [-0.05, 0) is 24.0 Å². The Morgan fingerprint density at radius 2 is 1.65 bits per heavy atom. The largest absolute Gasteiger partial charge is 0.384 e. The summed E-state index contributed by atoms with van der Waals surface area (Å²) in [6, 6.07) is 18.0. The first-order valence-corrected chi connectivity index (χ1v) is 5.57. The number of nitrogens with one attached hydrogen (secondary N) is 1. The maximum Gasteiger partial charge on any atom is 0.122 e. The van der Waals surface area contributed by atoms with E-state index in [9.17, 15) is 0 Å². The minimum Gasteiger partial charge on any atom is -0.384 e. The number of rotatable bonds is 4. The molecule has 0 bridgehead atoms. The molecule has 0 atom stereocenters. The summed E-state index contributed by atoms with van der Waals surface area (Å²) in [4.78, 5) is 0. The second kappa shape index (κ2) is 5.30. The molecule has 0 spiro atoms. The predicted molar refractivity (Wildman–Crippen MR) is 71.0 cm³/mol. The Balaban J connectivity index is 1.98. The molecule has 2 nitrogen and oxygen atoms in total. The summed E-state index contributed by atoms with van der Waals surface area (Å²) in [7, 11) is 0. The minimum atomic E-state index is 0.114. The molecule has 2 aromatic rings. The fourth-order valence-corrected chi connectivity index (χ4v) is 1.65. The summed E-state index contributed by atoms with van der Waals surface area (Å²) in [5, 5.41) is 7.31. The van der Waals surface area contributed by atoms with Crippen LogP contribution in [0.5, 0.6) is 0 Å². The van der Waals surface area contributed by atoms with Crippen LogP contribution < -0.4 is 5.73 Å². The molecular formula is C15H15N2. The van der Waals surface area contributed by atoms with Crippen LogP contribution in [0.3, 0.4) is 0 Å². The summed E-state index contributed by atoms with van der Waals surface area (Å²) in [5.41, 5.74) is 8.62. The zero-order valence-electron chi connectivity index (χ0n) is 9.56. The van der Waals surface area contributed by atoms with Gasteiger partial charge in [-0.2, -0.15) is 0 Å². The highest BCUT2D eigenvalue weighted by Gasteiger charge is 1.98. The third kappa shape index (κ3) is 3.18. The quantitative estimate of drug-likeness (QED) is 0.607. The van der Waals surface area contributed by atoms with Crippen molar-refractivity contribution in [3.05, 3.63) is 77.7 Å². The Labute approximate surface area is 102 Å². The van der Waals surface area contributed by atoms with Gasteiger partial charge in [0.1, 0.15) is 5.84 Å². The van der Waals surface area contributed by atoms with E-state index in [2.05, 4.69) is 18.6 Å². The van der Waals surface area contributed by atoms with Crippen LogP contribution in [0, 0.1) is 11.8 Å². The molecule has 2 aromatic carbocycles. The number of hydrogen-bond acceptors (Lipinski definition) is 1. The van der Waals surface area contributed by atoms with Crippen molar-refractivity contribution in [2.75, 3.05) is 0 Å². The average Bonchev–Trinajstić information content (AvgIpc) is 2.38. The van der Waals surface area contributed by atoms with Gasteiger partial charge in [0.2, 0.25) is 0 Å². The lowest BCUT2D eigenvalue weighted by Crippen LogP contribution is -2.10. The van der Waals surface area contributed by atoms with E-state index < -0.39 is 0 Å². The van der Waals surface area contributed by atoms with E-state index in [1.165, 1.54) is 11.1 Å². The van der Waals surface area contributed by atoms with Gasteiger partial charge in [0.15, 0.2) is 0 Å². The molecular weight excluding hydrogens is 208 g/mol. The van der Waals surface area contributed by atoms with Crippen LogP contribution >= 0.6 is 0 Å². The maximum absolute atomic E-state index is 7.31. The fraction of sp³-hybridized carbons (Fsp3) is 0.0667. The van der Waals surface area contributed by atoms with Crippen molar-refractivity contribution in [1.29, 1.82) is 5.41 Å². The van der Waals surface area contributed by atoms with Crippen molar-refractivity contribution in [2.24, 2.45) is 5.73 Å². The number of hydrogen-bond donors (Lipinski definition) is 2. The van der Waals surface area contributed by atoms with Crippen LogP contribution in [0.4, 0.5) is 0 Å². The van der Waals surface area contributed by atoms with Crippen molar-refractivity contribution in [1.82, 2.24) is 0 Å². The third-order valence-corrected chi connectivity index (χ3v) is 2.64. The van der Waals surface area contributed by atoms with Crippen molar-refractivity contribution in [3.8, 4) is 0 Å². The molecule has 0 aromatic heterocycles. The first kappa shape index (κ1) is 11.4. The molecule has 0 fully saturated rings. The van der Waals surface area contributed by atoms with Gasteiger partial charge in [0.25, 0.3) is 0 Å². The molecule has 0 heterocycles. The van der Waals surface area contributed by atoms with Gasteiger partial charge in [-0.1, -0.05) is 54.6 Å². The molecule has 0 amide bonds. The van der Waals surface area contributed by atoms with Gasteiger partial charge in [0.05, 0.1) is 0 Å². The van der Waals surface area contributed by atoms with E-state index >= 15 is 0 Å². The van der Waals surface area contributed by atoms with Crippen LogP contribution in [0.15, 0.2) is 54.6 Å². The molecule has 3 N–H and O–H groups in total. The van der Waals surface area contributed by atoms with Gasteiger partial charge >= 0.3 is 0 Å². The molecule has 0 aliphatic carbocycles. The molecule has 0 aliphatic rings. The SMILES string of the molecule is N=C(N)c1ccc(C[CH]c2ccccc2)cc1. The third-order valence-electron chi connectivity index (χ3n) is 2.64. The Hall–Kier alpha value is -2.09. The number of amidine groups is 1. The van der Waals surface area contributed by atoms with Gasteiger partial charge < -0.3 is 5.73 Å². The van der Waals surface area contributed by atoms with Crippen molar-refractivity contribution in [3.63, 3.8) is 0 Å². The zero-order chi connectivity index (χ0) is 12.1. The summed E-state index contributed by atoms with van der Waals surface area (Å²) < 4.78 is 0. The molecule has 0 unspecified atom stereocenters. The van der Waals surface area contributed by atoms with Crippen LogP contribution in [0.1, 0.15) is 16.7 Å². The van der Waals surface area contributed by atoms with Crippen LogP contribution in [-0.2, 0) is 6.42 Å². The molecule has 0 saturated heterocycles. The van der Waals surface area contributed by atoms with Crippen LogP contribution in [0.2, 0.25) is 0 Å². The smallest absolute Gasteiger partial charge is 0.122 e. The van der Waals surface area contributed by atoms with E-state index in [-0.39, 0.29) is 5.84 Å². The number of nitrogen functional groups attached to an aromatic ring is 1. The topological polar surface area (TPSA) is 49.9 Å². The van der Waals surface area contributed by atoms with Gasteiger partial charge in [-0.3, -0.25) is 5.41 Å². The van der Waals surface area contributed by atoms with Crippen LogP contribution in [0.25, 0.3) is 0 Å². The molecule has 85 valence electrons. The summed E-state index contributed by atoms with van der Waals surface area (Å²) in [5.74, 6) is 0.114. The van der Waals surface area contributed by atoms with E-state index in [1.54, 1.807) is 0 Å². The summed E-state index contributed by atoms with van der Waals surface area (Å²) in [6.07, 6.45) is 3.07. The lowest BCUT2D eigenvalue weighted by atomic mass is 10.0. The van der Waals surface area contributed by atoms with Gasteiger partial charge in [-0.25, -0.2) is 0 Å². The van der Waals surface area contributed by atoms with Crippen LogP contribution in [-0.4, -0.2) is 5.84 Å². The Morgan fingerprint density at radius 1 is 1.00 bits per heavy atom. The number of nitrogens with two attached hydrogens (primary N) is 1. The Morgan fingerprint density at radius 3 is 2.24 bits per heavy atom. The first-order valence-electron chi connectivity index (χ1n) is 5.57. The molecule has 2 rings (SSSR count). The van der Waals surface area contributed by atoms with Crippen molar-refractivity contribution in [2.45, 2.75) is 6.42 Å². The second-order valence-electron chi connectivity index (χ2n) is 3.93. The number of benzene rings is 2. The first-order chi connectivity index (χ1) is 8.25. The molecule has 17 heavy (non-hydrogen) atoms. The van der Waals surface area contributed by atoms with Crippen molar-refractivity contribution >= 4 is 5.84 Å². The van der Waals surface area contributed by atoms with Crippen molar-refractivity contribution < 1.29 is 0 Å². The van der Waals surface area contributed by atoms with E-state index in [4.69, 9.17) is 11.1 Å². The minimum absolute atomic E-state index is 0.114. The standard InChI is InChI=1S/C15H15N2/c16-15(17)14-10-8-13(9-11-14)7-6-12-4-2-1-3-5-12/h1-6,8-11H,7H2,(H3,16,17). The molecule has 2 heteroatoms. The van der Waals surface area contributed by atoms with Gasteiger partial charge in [-0.15, -0.1) is 0 Å². The average molecular weight is 223 g/mol. The predicted octanol–water partition coefficient (Wildman–Crippen LogP) is 2.77. The lowest BCUT2D eigenvalue weighted by Gasteiger charge is -2.03. The molecule has 0 saturated carbocycles. The van der Waals surface area contributed by atoms with E-state index in [0.29, 0.717) is 0 Å². The lowest BCUT2D eigenvalue weighted by molar-refractivity contribution is 1.16. The monoisotopic (exact) mass is 223 g/mol. The van der Waals surface area contributed by atoms with Gasteiger partial charge in [0, 0.05) is 5.56 Å².